The molecule has 1 aliphatic rings. The minimum Gasteiger partial charge on any atom is -0.508 e. The van der Waals surface area contributed by atoms with Crippen LogP contribution in [0, 0.1) is 11.3 Å². The summed E-state index contributed by atoms with van der Waals surface area (Å²) in [7, 11) is 0. The number of hydrogen-bond acceptors (Lipinski definition) is 2. The summed E-state index contributed by atoms with van der Waals surface area (Å²) in [5.74, 6) is 0.414. The number of phenolic OH excluding ortho intramolecular Hbond substituents is 1. The van der Waals surface area contributed by atoms with E-state index in [0.29, 0.717) is 0 Å². The van der Waals surface area contributed by atoms with Crippen molar-refractivity contribution in [3.63, 3.8) is 0 Å². The Kier molecular flexibility index (Phi) is 2.18. The molecule has 2 N–H and O–H groups in total. The Morgan fingerprint density at radius 2 is 1.93 bits per heavy atom. The van der Waals surface area contributed by atoms with E-state index in [2.05, 4.69) is 19.2 Å². The summed E-state index contributed by atoms with van der Waals surface area (Å²) in [6.45, 7) is 4.18. The van der Waals surface area contributed by atoms with Crippen molar-refractivity contribution in [3.05, 3.63) is 24.3 Å². The van der Waals surface area contributed by atoms with Gasteiger partial charge in [-0.25, -0.2) is 0 Å². The van der Waals surface area contributed by atoms with Gasteiger partial charge in [-0.1, -0.05) is 13.8 Å². The highest BCUT2D eigenvalue weighted by Gasteiger charge is 2.50. The molecule has 0 aliphatic heterocycles. The highest BCUT2D eigenvalue weighted by atomic mass is 16.3. The second kappa shape index (κ2) is 3.26. The predicted octanol–water partition coefficient (Wildman–Crippen LogP) is 2.38. The molecule has 15 heavy (non-hydrogen) atoms. The van der Waals surface area contributed by atoms with Gasteiger partial charge in [0.2, 0.25) is 5.91 Å². The summed E-state index contributed by atoms with van der Waals surface area (Å²) < 4.78 is 0. The monoisotopic (exact) mass is 205 g/mol. The average Bonchev–Trinajstić information content (AvgIpc) is 2.79. The molecule has 0 saturated heterocycles. The number of amides is 1. The molecule has 1 fully saturated rings. The molecule has 0 heterocycles. The number of anilines is 1. The molecular formula is C12H15NO2. The number of hydrogen-bond donors (Lipinski definition) is 2. The summed E-state index contributed by atoms with van der Waals surface area (Å²) >= 11 is 0. The molecule has 0 bridgehead atoms. The van der Waals surface area contributed by atoms with Crippen LogP contribution in [0.2, 0.25) is 0 Å². The van der Waals surface area contributed by atoms with Gasteiger partial charge in [-0.3, -0.25) is 4.79 Å². The fraction of sp³-hybridized carbons (Fsp3) is 0.417. The Labute approximate surface area is 89.1 Å². The van der Waals surface area contributed by atoms with Crippen molar-refractivity contribution >= 4 is 11.6 Å². The number of rotatable bonds is 2. The maximum absolute atomic E-state index is 11.7. The summed E-state index contributed by atoms with van der Waals surface area (Å²) in [5, 5.41) is 11.9. The molecule has 0 aromatic heterocycles. The van der Waals surface area contributed by atoms with Crippen LogP contribution in [0.25, 0.3) is 0 Å². The summed E-state index contributed by atoms with van der Waals surface area (Å²) in [4.78, 5) is 11.7. The van der Waals surface area contributed by atoms with Crippen LogP contribution in [-0.4, -0.2) is 11.0 Å². The van der Waals surface area contributed by atoms with E-state index in [4.69, 9.17) is 5.11 Å². The predicted molar refractivity (Wildman–Crippen MR) is 58.6 cm³/mol. The van der Waals surface area contributed by atoms with Gasteiger partial charge in [-0.05, 0) is 36.1 Å². The number of phenols is 1. The van der Waals surface area contributed by atoms with Gasteiger partial charge in [0.05, 0.1) is 0 Å². The van der Waals surface area contributed by atoms with Crippen LogP contribution in [0.1, 0.15) is 20.3 Å². The fourth-order valence-corrected chi connectivity index (χ4v) is 1.69. The molecule has 1 amide bonds. The van der Waals surface area contributed by atoms with E-state index in [1.54, 1.807) is 24.3 Å². The molecule has 1 saturated carbocycles. The molecule has 1 aromatic rings. The Balaban J connectivity index is 1.98. The normalized spacial score (nSPS) is 22.1. The Bertz CT molecular complexity index is 381. The largest absolute Gasteiger partial charge is 0.508 e. The van der Waals surface area contributed by atoms with E-state index in [-0.39, 0.29) is 23.0 Å². The van der Waals surface area contributed by atoms with E-state index in [1.807, 2.05) is 0 Å². The van der Waals surface area contributed by atoms with Crippen molar-refractivity contribution in [1.82, 2.24) is 0 Å². The second-order valence-corrected chi connectivity index (χ2v) is 4.78. The van der Waals surface area contributed by atoms with Crippen LogP contribution in [0.4, 0.5) is 5.69 Å². The maximum atomic E-state index is 11.7. The molecule has 1 aliphatic carbocycles. The number of carbonyl (C=O) groups is 1. The quantitative estimate of drug-likeness (QED) is 0.728. The summed E-state index contributed by atoms with van der Waals surface area (Å²) in [6.07, 6.45) is 0.955. The first-order chi connectivity index (χ1) is 6.99. The highest BCUT2D eigenvalue weighted by molar-refractivity contribution is 5.94. The third-order valence-corrected chi connectivity index (χ3v) is 2.96. The molecule has 1 aromatic carbocycles. The lowest BCUT2D eigenvalue weighted by Crippen LogP contribution is -2.16. The van der Waals surface area contributed by atoms with Gasteiger partial charge < -0.3 is 10.4 Å². The van der Waals surface area contributed by atoms with Gasteiger partial charge >= 0.3 is 0 Å². The van der Waals surface area contributed by atoms with Gasteiger partial charge in [-0.2, -0.15) is 0 Å². The third kappa shape index (κ3) is 2.12. The molecule has 0 radical (unpaired) electrons. The third-order valence-electron chi connectivity index (χ3n) is 2.96. The fourth-order valence-electron chi connectivity index (χ4n) is 1.69. The first-order valence-electron chi connectivity index (χ1n) is 5.09. The van der Waals surface area contributed by atoms with E-state index in [9.17, 15) is 4.79 Å². The zero-order chi connectivity index (χ0) is 11.1. The molecular weight excluding hydrogens is 190 g/mol. The van der Waals surface area contributed by atoms with Crippen molar-refractivity contribution < 1.29 is 9.90 Å². The first-order valence-corrected chi connectivity index (χ1v) is 5.09. The number of carbonyl (C=O) groups excluding carboxylic acids is 1. The molecule has 0 spiro atoms. The van der Waals surface area contributed by atoms with Crippen LogP contribution >= 0.6 is 0 Å². The Hall–Kier alpha value is -1.51. The average molecular weight is 205 g/mol. The Morgan fingerprint density at radius 3 is 2.40 bits per heavy atom. The molecule has 1 unspecified atom stereocenters. The van der Waals surface area contributed by atoms with Gasteiger partial charge in [0, 0.05) is 11.6 Å². The second-order valence-electron chi connectivity index (χ2n) is 4.78. The zero-order valence-corrected chi connectivity index (χ0v) is 8.95. The van der Waals surface area contributed by atoms with Crippen LogP contribution in [0.3, 0.4) is 0 Å². The standard InChI is InChI=1S/C12H15NO2/c1-12(2)7-10(12)11(15)13-8-3-5-9(14)6-4-8/h3-6,10,14H,7H2,1-2H3,(H,13,15). The SMILES string of the molecule is CC1(C)CC1C(=O)Nc1ccc(O)cc1. The maximum Gasteiger partial charge on any atom is 0.228 e. The van der Waals surface area contributed by atoms with Crippen LogP contribution in [-0.2, 0) is 4.79 Å². The van der Waals surface area contributed by atoms with Crippen molar-refractivity contribution in [1.29, 1.82) is 0 Å². The van der Waals surface area contributed by atoms with E-state index < -0.39 is 0 Å². The van der Waals surface area contributed by atoms with Gasteiger partial charge in [-0.15, -0.1) is 0 Å². The highest BCUT2D eigenvalue weighted by Crippen LogP contribution is 2.51. The molecule has 3 nitrogen and oxygen atoms in total. The molecule has 3 heteroatoms. The lowest BCUT2D eigenvalue weighted by atomic mass is 10.1. The molecule has 2 rings (SSSR count). The van der Waals surface area contributed by atoms with Gasteiger partial charge in [0.1, 0.15) is 5.75 Å². The van der Waals surface area contributed by atoms with Crippen LogP contribution in [0.15, 0.2) is 24.3 Å². The number of nitrogens with one attached hydrogen (secondary N) is 1. The lowest BCUT2D eigenvalue weighted by molar-refractivity contribution is -0.118. The number of benzene rings is 1. The van der Waals surface area contributed by atoms with Crippen LogP contribution in [0.5, 0.6) is 5.75 Å². The molecule has 80 valence electrons. The van der Waals surface area contributed by atoms with E-state index >= 15 is 0 Å². The minimum atomic E-state index is 0.0747. The van der Waals surface area contributed by atoms with E-state index in [1.165, 1.54) is 0 Å². The Morgan fingerprint density at radius 1 is 1.40 bits per heavy atom. The topological polar surface area (TPSA) is 49.3 Å². The van der Waals surface area contributed by atoms with Crippen molar-refractivity contribution in [2.24, 2.45) is 11.3 Å². The minimum absolute atomic E-state index is 0.0747. The van der Waals surface area contributed by atoms with Crippen LogP contribution < -0.4 is 5.32 Å². The lowest BCUT2D eigenvalue weighted by Gasteiger charge is -2.06. The summed E-state index contributed by atoms with van der Waals surface area (Å²) in [5.41, 5.74) is 0.890. The van der Waals surface area contributed by atoms with Crippen molar-refractivity contribution in [2.75, 3.05) is 5.32 Å². The first kappa shape index (κ1) is 10.0. The molecule has 1 atom stereocenters. The zero-order valence-electron chi connectivity index (χ0n) is 8.95. The summed E-state index contributed by atoms with van der Waals surface area (Å²) in [6, 6.07) is 6.52. The van der Waals surface area contributed by atoms with Crippen molar-refractivity contribution in [2.45, 2.75) is 20.3 Å². The smallest absolute Gasteiger partial charge is 0.228 e. The van der Waals surface area contributed by atoms with E-state index in [0.717, 1.165) is 12.1 Å². The number of aromatic hydroxyl groups is 1. The van der Waals surface area contributed by atoms with Crippen molar-refractivity contribution in [3.8, 4) is 5.75 Å². The van der Waals surface area contributed by atoms with Gasteiger partial charge in [0.25, 0.3) is 0 Å². The van der Waals surface area contributed by atoms with Gasteiger partial charge in [0.15, 0.2) is 0 Å².